The quantitative estimate of drug-likeness (QED) is 0.294. The van der Waals surface area contributed by atoms with Gasteiger partial charge in [-0.1, -0.05) is 17.7 Å². The van der Waals surface area contributed by atoms with E-state index >= 15 is 0 Å². The number of benzene rings is 3. The van der Waals surface area contributed by atoms with E-state index in [0.717, 1.165) is 11.1 Å². The number of aryl methyl sites for hydroxylation is 1. The summed E-state index contributed by atoms with van der Waals surface area (Å²) in [5.41, 5.74) is 3.34. The highest BCUT2D eigenvalue weighted by atomic mass is 79.9. The number of carbonyl (C=O) groups is 2. The number of nitrogens with one attached hydrogen (secondary N) is 2. The molecule has 3 aromatic carbocycles. The fraction of sp³-hybridized carbons (Fsp3) is 0.231. The maximum Gasteiger partial charge on any atom is 0.335 e. The molecule has 1 amide bonds. The molecule has 0 bridgehead atoms. The van der Waals surface area contributed by atoms with Crippen LogP contribution in [0.5, 0.6) is 17.2 Å². The molecule has 0 aromatic heterocycles. The Labute approximate surface area is 212 Å². The predicted octanol–water partition coefficient (Wildman–Crippen LogP) is 5.49. The van der Waals surface area contributed by atoms with Crippen LogP contribution in [-0.4, -0.2) is 37.3 Å². The summed E-state index contributed by atoms with van der Waals surface area (Å²) < 4.78 is 17.5. The maximum atomic E-state index is 12.4. The van der Waals surface area contributed by atoms with Crippen molar-refractivity contribution in [2.45, 2.75) is 20.4 Å². The first-order valence-electron chi connectivity index (χ1n) is 10.9. The summed E-state index contributed by atoms with van der Waals surface area (Å²) in [5.74, 6) is 0.108. The molecule has 0 aliphatic rings. The van der Waals surface area contributed by atoms with Crippen LogP contribution in [0, 0.1) is 6.92 Å². The molecule has 3 aromatic rings. The molecule has 8 nitrogen and oxygen atoms in total. The molecule has 0 heterocycles. The molecule has 3 N–H and O–H groups in total. The number of ether oxygens (including phenoxy) is 3. The second-order valence-corrected chi connectivity index (χ2v) is 8.47. The molecule has 184 valence electrons. The number of amides is 1. The van der Waals surface area contributed by atoms with Crippen LogP contribution in [0.15, 0.2) is 59.1 Å². The minimum absolute atomic E-state index is 0.150. The van der Waals surface area contributed by atoms with E-state index in [1.54, 1.807) is 6.07 Å². The van der Waals surface area contributed by atoms with E-state index in [0.29, 0.717) is 46.2 Å². The molecular weight excluding hydrogens is 516 g/mol. The van der Waals surface area contributed by atoms with Gasteiger partial charge in [-0.3, -0.25) is 4.79 Å². The zero-order chi connectivity index (χ0) is 25.4. The molecule has 0 atom stereocenters. The van der Waals surface area contributed by atoms with Crippen LogP contribution in [0.1, 0.15) is 28.4 Å². The summed E-state index contributed by atoms with van der Waals surface area (Å²) in [5, 5.41) is 15.3. The fourth-order valence-corrected chi connectivity index (χ4v) is 3.88. The highest BCUT2D eigenvalue weighted by molar-refractivity contribution is 9.10. The van der Waals surface area contributed by atoms with Gasteiger partial charge in [0.2, 0.25) is 0 Å². The lowest BCUT2D eigenvalue weighted by atomic mass is 10.1. The van der Waals surface area contributed by atoms with Crippen molar-refractivity contribution in [1.82, 2.24) is 0 Å². The summed E-state index contributed by atoms with van der Waals surface area (Å²) in [6.07, 6.45) is 0. The van der Waals surface area contributed by atoms with Crippen LogP contribution < -0.4 is 24.8 Å². The number of carboxylic acids is 1. The lowest BCUT2D eigenvalue weighted by molar-refractivity contribution is -0.118. The molecular formula is C26H27BrN2O6. The van der Waals surface area contributed by atoms with Crippen molar-refractivity contribution in [1.29, 1.82) is 0 Å². The number of hydrogen-bond acceptors (Lipinski definition) is 6. The normalized spacial score (nSPS) is 10.4. The number of anilines is 2. The summed E-state index contributed by atoms with van der Waals surface area (Å²) in [6, 6.07) is 15.8. The number of hydrogen-bond donors (Lipinski definition) is 3. The van der Waals surface area contributed by atoms with Crippen molar-refractivity contribution in [2.75, 3.05) is 31.0 Å². The van der Waals surface area contributed by atoms with Gasteiger partial charge in [0.05, 0.1) is 29.4 Å². The van der Waals surface area contributed by atoms with Gasteiger partial charge in [0.15, 0.2) is 18.1 Å². The minimum Gasteiger partial charge on any atom is -0.495 e. The van der Waals surface area contributed by atoms with E-state index < -0.39 is 5.97 Å². The van der Waals surface area contributed by atoms with Gasteiger partial charge < -0.3 is 30.0 Å². The molecule has 0 radical (unpaired) electrons. The SMILES string of the molecule is CCOc1cc(CNc2cc(C(=O)O)ccc2OC)cc(Br)c1OCC(=O)Nc1ccc(C)cc1. The zero-order valence-corrected chi connectivity index (χ0v) is 21.3. The second kappa shape index (κ2) is 12.1. The van der Waals surface area contributed by atoms with Gasteiger partial charge in [-0.25, -0.2) is 4.79 Å². The van der Waals surface area contributed by atoms with Crippen molar-refractivity contribution in [3.8, 4) is 17.2 Å². The topological polar surface area (TPSA) is 106 Å². The Morgan fingerprint density at radius 3 is 2.40 bits per heavy atom. The van der Waals surface area contributed by atoms with Gasteiger partial charge in [0, 0.05) is 12.2 Å². The number of carboxylic acid groups (broad SMARTS) is 1. The Balaban J connectivity index is 1.72. The molecule has 0 fully saturated rings. The Morgan fingerprint density at radius 2 is 1.74 bits per heavy atom. The zero-order valence-electron chi connectivity index (χ0n) is 19.7. The number of halogens is 1. The minimum atomic E-state index is -1.02. The number of aromatic carboxylic acids is 1. The third-order valence-corrected chi connectivity index (χ3v) is 5.57. The van der Waals surface area contributed by atoms with Crippen molar-refractivity contribution in [2.24, 2.45) is 0 Å². The van der Waals surface area contributed by atoms with E-state index in [1.165, 1.54) is 19.2 Å². The lowest BCUT2D eigenvalue weighted by Crippen LogP contribution is -2.20. The molecule has 0 spiro atoms. The first-order chi connectivity index (χ1) is 16.8. The summed E-state index contributed by atoms with van der Waals surface area (Å²) in [6.45, 7) is 4.42. The van der Waals surface area contributed by atoms with Crippen molar-refractivity contribution in [3.63, 3.8) is 0 Å². The van der Waals surface area contributed by atoms with E-state index in [2.05, 4.69) is 26.6 Å². The molecule has 35 heavy (non-hydrogen) atoms. The average Bonchev–Trinajstić information content (AvgIpc) is 2.83. The smallest absolute Gasteiger partial charge is 0.335 e. The monoisotopic (exact) mass is 542 g/mol. The lowest BCUT2D eigenvalue weighted by Gasteiger charge is -2.17. The van der Waals surface area contributed by atoms with Gasteiger partial charge in [-0.05, 0) is 77.8 Å². The molecule has 0 saturated carbocycles. The van der Waals surface area contributed by atoms with E-state index in [9.17, 15) is 14.7 Å². The van der Waals surface area contributed by atoms with E-state index in [4.69, 9.17) is 14.2 Å². The van der Waals surface area contributed by atoms with Gasteiger partial charge in [0.1, 0.15) is 5.75 Å². The van der Waals surface area contributed by atoms with Crippen LogP contribution >= 0.6 is 15.9 Å². The van der Waals surface area contributed by atoms with E-state index in [1.807, 2.05) is 50.2 Å². The Morgan fingerprint density at radius 1 is 1.00 bits per heavy atom. The number of carbonyl (C=O) groups excluding carboxylic acids is 1. The average molecular weight is 543 g/mol. The Kier molecular flexibility index (Phi) is 8.97. The largest absolute Gasteiger partial charge is 0.495 e. The maximum absolute atomic E-state index is 12.4. The van der Waals surface area contributed by atoms with Gasteiger partial charge in [-0.2, -0.15) is 0 Å². The van der Waals surface area contributed by atoms with Gasteiger partial charge in [0.25, 0.3) is 5.91 Å². The van der Waals surface area contributed by atoms with Gasteiger partial charge in [-0.15, -0.1) is 0 Å². The van der Waals surface area contributed by atoms with E-state index in [-0.39, 0.29) is 18.1 Å². The molecule has 0 aliphatic carbocycles. The Bertz CT molecular complexity index is 1200. The summed E-state index contributed by atoms with van der Waals surface area (Å²) in [4.78, 5) is 23.7. The predicted molar refractivity (Wildman–Crippen MR) is 138 cm³/mol. The van der Waals surface area contributed by atoms with Gasteiger partial charge >= 0.3 is 5.97 Å². The highest BCUT2D eigenvalue weighted by Gasteiger charge is 2.15. The standard InChI is InChI=1S/C26H27BrN2O6/c1-4-34-23-12-17(14-28-21-13-18(26(31)32)7-10-22(21)33-3)11-20(27)25(23)35-15-24(30)29-19-8-5-16(2)6-9-19/h5-13,28H,4,14-15H2,1-3H3,(H,29,30)(H,31,32). The summed E-state index contributed by atoms with van der Waals surface area (Å²) >= 11 is 3.51. The fourth-order valence-electron chi connectivity index (χ4n) is 3.27. The van der Waals surface area contributed by atoms with Crippen LogP contribution in [0.4, 0.5) is 11.4 Å². The van der Waals surface area contributed by atoms with Crippen molar-refractivity contribution >= 4 is 39.2 Å². The summed E-state index contributed by atoms with van der Waals surface area (Å²) in [7, 11) is 1.52. The van der Waals surface area contributed by atoms with Crippen LogP contribution in [0.25, 0.3) is 0 Å². The third-order valence-electron chi connectivity index (χ3n) is 4.98. The number of methoxy groups -OCH3 is 1. The highest BCUT2D eigenvalue weighted by Crippen LogP contribution is 2.37. The van der Waals surface area contributed by atoms with Crippen LogP contribution in [-0.2, 0) is 11.3 Å². The molecule has 0 saturated heterocycles. The first kappa shape index (κ1) is 25.9. The molecule has 3 rings (SSSR count). The second-order valence-electron chi connectivity index (χ2n) is 7.61. The first-order valence-corrected chi connectivity index (χ1v) is 11.7. The molecule has 0 aliphatic heterocycles. The van der Waals surface area contributed by atoms with Crippen LogP contribution in [0.3, 0.4) is 0 Å². The third kappa shape index (κ3) is 7.13. The van der Waals surface area contributed by atoms with Crippen molar-refractivity contribution < 1.29 is 28.9 Å². The molecule has 9 heteroatoms. The Hall–Kier alpha value is -3.72. The van der Waals surface area contributed by atoms with Crippen LogP contribution in [0.2, 0.25) is 0 Å². The molecule has 0 unspecified atom stereocenters. The number of rotatable bonds is 11. The van der Waals surface area contributed by atoms with Crippen molar-refractivity contribution in [3.05, 3.63) is 75.8 Å².